The van der Waals surface area contributed by atoms with Crippen LogP contribution in [-0.2, 0) is 11.5 Å². The Morgan fingerprint density at radius 1 is 1.10 bits per heavy atom. The number of hydrogen-bond donors (Lipinski definition) is 2. The molecule has 0 spiro atoms. The molecule has 104 valence electrons. The molecule has 0 saturated heterocycles. The second kappa shape index (κ2) is 7.33. The summed E-state index contributed by atoms with van der Waals surface area (Å²) in [7, 11) is 0. The second-order valence-electron chi connectivity index (χ2n) is 4.29. The van der Waals surface area contributed by atoms with Crippen LogP contribution < -0.4 is 11.3 Å². The number of thioether (sulfide) groups is 1. The molecule has 5 heteroatoms. The third kappa shape index (κ3) is 4.27. The van der Waals surface area contributed by atoms with E-state index < -0.39 is 0 Å². The molecular formula is C15H15ClN2OS. The molecule has 0 aliphatic carbocycles. The molecule has 0 aromatic heterocycles. The maximum atomic E-state index is 11.4. The molecule has 0 radical (unpaired) electrons. The first kappa shape index (κ1) is 14.9. The van der Waals surface area contributed by atoms with Gasteiger partial charge in [0.25, 0.3) is 5.91 Å². The number of halogens is 1. The van der Waals surface area contributed by atoms with Crippen LogP contribution in [0.25, 0.3) is 0 Å². The topological polar surface area (TPSA) is 55.1 Å². The van der Waals surface area contributed by atoms with Crippen LogP contribution in [0.5, 0.6) is 0 Å². The predicted molar refractivity (Wildman–Crippen MR) is 84.5 cm³/mol. The van der Waals surface area contributed by atoms with Crippen molar-refractivity contribution < 1.29 is 4.79 Å². The lowest BCUT2D eigenvalue weighted by atomic mass is 10.1. The Kier molecular flexibility index (Phi) is 5.47. The normalized spacial score (nSPS) is 10.3. The summed E-state index contributed by atoms with van der Waals surface area (Å²) in [5, 5.41) is 0.749. The summed E-state index contributed by atoms with van der Waals surface area (Å²) in [4.78, 5) is 11.4. The molecule has 0 aliphatic heterocycles. The van der Waals surface area contributed by atoms with Crippen molar-refractivity contribution in [2.24, 2.45) is 5.84 Å². The van der Waals surface area contributed by atoms with Gasteiger partial charge in [-0.25, -0.2) is 5.84 Å². The average molecular weight is 307 g/mol. The van der Waals surface area contributed by atoms with Crippen LogP contribution in [0.1, 0.15) is 21.5 Å². The molecule has 0 bridgehead atoms. The minimum absolute atomic E-state index is 0.269. The van der Waals surface area contributed by atoms with Gasteiger partial charge < -0.3 is 0 Å². The van der Waals surface area contributed by atoms with Gasteiger partial charge in [-0.05, 0) is 35.4 Å². The van der Waals surface area contributed by atoms with Gasteiger partial charge in [-0.15, -0.1) is 0 Å². The molecule has 1 amide bonds. The number of benzene rings is 2. The molecule has 0 heterocycles. The van der Waals surface area contributed by atoms with Gasteiger partial charge in [0, 0.05) is 22.1 Å². The molecule has 0 aliphatic rings. The summed E-state index contributed by atoms with van der Waals surface area (Å²) >= 11 is 7.63. The van der Waals surface area contributed by atoms with Crippen molar-refractivity contribution >= 4 is 29.3 Å². The Labute approximate surface area is 127 Å². The number of nitrogens with two attached hydrogens (primary N) is 1. The van der Waals surface area contributed by atoms with Gasteiger partial charge in [0.2, 0.25) is 0 Å². The predicted octanol–water partition coefficient (Wildman–Crippen LogP) is 3.38. The van der Waals surface area contributed by atoms with Crippen molar-refractivity contribution in [3.8, 4) is 0 Å². The van der Waals surface area contributed by atoms with E-state index >= 15 is 0 Å². The van der Waals surface area contributed by atoms with Crippen LogP contribution in [0.4, 0.5) is 0 Å². The fourth-order valence-corrected chi connectivity index (χ4v) is 2.82. The third-order valence-electron chi connectivity index (χ3n) is 2.77. The van der Waals surface area contributed by atoms with E-state index in [0.29, 0.717) is 5.56 Å². The summed E-state index contributed by atoms with van der Waals surface area (Å²) in [6, 6.07) is 15.3. The quantitative estimate of drug-likeness (QED) is 0.506. The lowest BCUT2D eigenvalue weighted by Crippen LogP contribution is -2.29. The molecule has 2 aromatic rings. The van der Waals surface area contributed by atoms with Gasteiger partial charge in [-0.2, -0.15) is 11.8 Å². The highest BCUT2D eigenvalue weighted by Gasteiger charge is 2.04. The maximum absolute atomic E-state index is 11.4. The van der Waals surface area contributed by atoms with Crippen molar-refractivity contribution in [3.63, 3.8) is 0 Å². The lowest BCUT2D eigenvalue weighted by molar-refractivity contribution is 0.0953. The minimum Gasteiger partial charge on any atom is -0.290 e. The molecule has 0 unspecified atom stereocenters. The number of carbonyl (C=O) groups is 1. The van der Waals surface area contributed by atoms with Crippen LogP contribution in [0.15, 0.2) is 48.5 Å². The zero-order chi connectivity index (χ0) is 14.4. The Balaban J connectivity index is 1.91. The van der Waals surface area contributed by atoms with E-state index in [2.05, 4.69) is 5.43 Å². The highest BCUT2D eigenvalue weighted by atomic mass is 35.5. The van der Waals surface area contributed by atoms with Gasteiger partial charge >= 0.3 is 0 Å². The zero-order valence-corrected chi connectivity index (χ0v) is 12.4. The van der Waals surface area contributed by atoms with Crippen molar-refractivity contribution in [2.45, 2.75) is 11.5 Å². The molecule has 0 fully saturated rings. The van der Waals surface area contributed by atoms with Crippen LogP contribution in [0.3, 0.4) is 0 Å². The number of carbonyl (C=O) groups excluding carboxylic acids is 1. The monoisotopic (exact) mass is 306 g/mol. The van der Waals surface area contributed by atoms with Crippen molar-refractivity contribution in [2.75, 3.05) is 0 Å². The first-order chi connectivity index (χ1) is 9.69. The minimum atomic E-state index is -0.269. The summed E-state index contributed by atoms with van der Waals surface area (Å²) in [5.41, 5.74) is 5.05. The van der Waals surface area contributed by atoms with E-state index in [1.165, 1.54) is 5.56 Å². The molecule has 0 saturated carbocycles. The molecule has 0 atom stereocenters. The second-order valence-corrected chi connectivity index (χ2v) is 5.72. The average Bonchev–Trinajstić information content (AvgIpc) is 2.49. The fourth-order valence-electron chi connectivity index (χ4n) is 1.75. The summed E-state index contributed by atoms with van der Waals surface area (Å²) in [6.45, 7) is 0. The Morgan fingerprint density at radius 3 is 2.50 bits per heavy atom. The number of rotatable bonds is 5. The highest BCUT2D eigenvalue weighted by molar-refractivity contribution is 7.97. The Bertz CT molecular complexity index is 587. The van der Waals surface area contributed by atoms with Gasteiger partial charge in [-0.1, -0.05) is 35.9 Å². The van der Waals surface area contributed by atoms with Crippen LogP contribution in [0.2, 0.25) is 5.02 Å². The number of hydrazine groups is 1. The van der Waals surface area contributed by atoms with Gasteiger partial charge in [-0.3, -0.25) is 10.2 Å². The van der Waals surface area contributed by atoms with E-state index in [9.17, 15) is 4.79 Å². The van der Waals surface area contributed by atoms with E-state index in [-0.39, 0.29) is 5.91 Å². The smallest absolute Gasteiger partial charge is 0.265 e. The van der Waals surface area contributed by atoms with E-state index in [1.807, 2.05) is 42.5 Å². The van der Waals surface area contributed by atoms with Crippen LogP contribution in [0, 0.1) is 0 Å². The van der Waals surface area contributed by atoms with Crippen molar-refractivity contribution in [1.82, 2.24) is 5.43 Å². The zero-order valence-electron chi connectivity index (χ0n) is 10.8. The van der Waals surface area contributed by atoms with Gasteiger partial charge in [0.05, 0.1) is 0 Å². The third-order valence-corrected chi connectivity index (χ3v) is 4.10. The molecular weight excluding hydrogens is 292 g/mol. The molecule has 3 N–H and O–H groups in total. The Hall–Kier alpha value is -1.49. The van der Waals surface area contributed by atoms with E-state index in [0.717, 1.165) is 22.1 Å². The number of hydrogen-bond acceptors (Lipinski definition) is 3. The first-order valence-electron chi connectivity index (χ1n) is 6.11. The Morgan fingerprint density at radius 2 is 1.80 bits per heavy atom. The van der Waals surface area contributed by atoms with Crippen molar-refractivity contribution in [1.29, 1.82) is 0 Å². The number of nitrogens with one attached hydrogen (secondary N) is 1. The van der Waals surface area contributed by atoms with E-state index in [1.54, 1.807) is 17.8 Å². The van der Waals surface area contributed by atoms with E-state index in [4.69, 9.17) is 17.4 Å². The van der Waals surface area contributed by atoms with Crippen molar-refractivity contribution in [3.05, 3.63) is 70.2 Å². The maximum Gasteiger partial charge on any atom is 0.265 e. The molecule has 3 nitrogen and oxygen atoms in total. The first-order valence-corrected chi connectivity index (χ1v) is 7.64. The largest absolute Gasteiger partial charge is 0.290 e. The summed E-state index contributed by atoms with van der Waals surface area (Å²) < 4.78 is 0. The molecule has 2 aromatic carbocycles. The standard InChI is InChI=1S/C15H15ClN2OS/c16-14-6-4-11(5-7-14)9-20-10-12-2-1-3-13(8-12)15(19)18-17/h1-8H,9-10,17H2,(H,18,19). The molecule has 2 rings (SSSR count). The van der Waals surface area contributed by atoms with Gasteiger partial charge in [0.1, 0.15) is 0 Å². The summed E-state index contributed by atoms with van der Waals surface area (Å²) in [5.74, 6) is 6.61. The summed E-state index contributed by atoms with van der Waals surface area (Å²) in [6.07, 6.45) is 0. The highest BCUT2D eigenvalue weighted by Crippen LogP contribution is 2.20. The van der Waals surface area contributed by atoms with Crippen LogP contribution in [-0.4, -0.2) is 5.91 Å². The number of amides is 1. The van der Waals surface area contributed by atoms with Crippen LogP contribution >= 0.6 is 23.4 Å². The SMILES string of the molecule is NNC(=O)c1cccc(CSCc2ccc(Cl)cc2)c1. The number of nitrogen functional groups attached to an aromatic ring is 1. The van der Waals surface area contributed by atoms with Gasteiger partial charge in [0.15, 0.2) is 0 Å². The lowest BCUT2D eigenvalue weighted by Gasteiger charge is -2.05. The fraction of sp³-hybridized carbons (Fsp3) is 0.133. The molecule has 20 heavy (non-hydrogen) atoms.